The molecule has 0 fully saturated rings. The molecule has 1 aromatic heterocycles. The zero-order chi connectivity index (χ0) is 13.1. The number of nitrogens with zero attached hydrogens (tertiary/aromatic N) is 1. The Morgan fingerprint density at radius 3 is 2.61 bits per heavy atom. The Bertz CT molecular complexity index is 590. The quantitative estimate of drug-likeness (QED) is 0.457. The summed E-state index contributed by atoms with van der Waals surface area (Å²) in [7, 11) is 5.55. The molecule has 2 aromatic rings. The van der Waals surface area contributed by atoms with Gasteiger partial charge in [-0.2, -0.15) is 0 Å². The van der Waals surface area contributed by atoms with E-state index in [1.807, 2.05) is 0 Å². The van der Waals surface area contributed by atoms with Gasteiger partial charge >= 0.3 is 0 Å². The third-order valence-corrected chi connectivity index (χ3v) is 2.55. The summed E-state index contributed by atoms with van der Waals surface area (Å²) in [5, 5.41) is 0. The average Bonchev–Trinajstić information content (AvgIpc) is 2.70. The zero-order valence-electron chi connectivity index (χ0n) is 9.47. The van der Waals surface area contributed by atoms with Crippen LogP contribution < -0.4 is 5.46 Å². The maximum Gasteiger partial charge on any atom is 0.182 e. The van der Waals surface area contributed by atoms with Crippen molar-refractivity contribution in [2.75, 3.05) is 0 Å². The summed E-state index contributed by atoms with van der Waals surface area (Å²) in [4.78, 5) is 22.7. The summed E-state index contributed by atoms with van der Waals surface area (Å²) in [5.74, 6) is -0.612. The fourth-order valence-corrected chi connectivity index (χ4v) is 1.67. The molecule has 0 unspecified atom stereocenters. The molecule has 2 radical (unpaired) electrons. The number of Topliss-reactive ketones (excluding diaryl/α,β-unsaturated/α-hetero) is 1. The van der Waals surface area contributed by atoms with Gasteiger partial charge in [0.1, 0.15) is 13.7 Å². The Morgan fingerprint density at radius 1 is 1.33 bits per heavy atom. The summed E-state index contributed by atoms with van der Waals surface area (Å²) < 4.78 is 14.2. The van der Waals surface area contributed by atoms with Gasteiger partial charge < -0.3 is 4.57 Å². The Hall–Kier alpha value is -2.17. The first kappa shape index (κ1) is 12.3. The van der Waals surface area contributed by atoms with Crippen LogP contribution in [0.1, 0.15) is 20.8 Å². The number of hydrogen-bond acceptors (Lipinski definition) is 2. The standard InChI is InChI=1S/C13H9BFNO2/c14-10-5-12(8-17)16(6-10)7-13(18)9-1-3-11(15)4-2-9/h1-6,8H,7H2. The summed E-state index contributed by atoms with van der Waals surface area (Å²) >= 11 is 0. The molecule has 1 heterocycles. The van der Waals surface area contributed by atoms with Crippen molar-refractivity contribution >= 4 is 25.4 Å². The smallest absolute Gasteiger partial charge is 0.182 e. The minimum atomic E-state index is -0.398. The van der Waals surface area contributed by atoms with E-state index in [9.17, 15) is 14.0 Å². The first-order chi connectivity index (χ1) is 8.60. The predicted molar refractivity (Wildman–Crippen MR) is 65.9 cm³/mol. The van der Waals surface area contributed by atoms with Gasteiger partial charge in [0.15, 0.2) is 12.1 Å². The third kappa shape index (κ3) is 2.56. The molecule has 0 aliphatic rings. The van der Waals surface area contributed by atoms with Crippen molar-refractivity contribution in [3.63, 3.8) is 0 Å². The molecule has 3 nitrogen and oxygen atoms in total. The first-order valence-electron chi connectivity index (χ1n) is 5.30. The second kappa shape index (κ2) is 5.00. The Morgan fingerprint density at radius 2 is 2.00 bits per heavy atom. The van der Waals surface area contributed by atoms with Gasteiger partial charge in [0.05, 0.1) is 12.2 Å². The second-order valence-electron chi connectivity index (χ2n) is 3.87. The van der Waals surface area contributed by atoms with Crippen LogP contribution in [0.4, 0.5) is 4.39 Å². The van der Waals surface area contributed by atoms with Crippen LogP contribution in [-0.2, 0) is 6.54 Å². The topological polar surface area (TPSA) is 39.1 Å². The van der Waals surface area contributed by atoms with Crippen molar-refractivity contribution < 1.29 is 14.0 Å². The number of aromatic nitrogens is 1. The molecule has 0 atom stereocenters. The van der Waals surface area contributed by atoms with Gasteiger partial charge in [0.2, 0.25) is 0 Å². The van der Waals surface area contributed by atoms with Crippen LogP contribution in [0.2, 0.25) is 0 Å². The lowest BCUT2D eigenvalue weighted by molar-refractivity contribution is 0.0971. The summed E-state index contributed by atoms with van der Waals surface area (Å²) in [6, 6.07) is 6.75. The number of carbonyl (C=O) groups excluding carboxylic acids is 2. The Balaban J connectivity index is 2.20. The molecule has 2 rings (SSSR count). The normalized spacial score (nSPS) is 10.3. The van der Waals surface area contributed by atoms with E-state index >= 15 is 0 Å². The highest BCUT2D eigenvalue weighted by Gasteiger charge is 2.09. The van der Waals surface area contributed by atoms with E-state index in [2.05, 4.69) is 0 Å². The molecular formula is C13H9BFNO2. The van der Waals surface area contributed by atoms with Crippen molar-refractivity contribution in [1.82, 2.24) is 4.57 Å². The van der Waals surface area contributed by atoms with Gasteiger partial charge in [-0.05, 0) is 36.5 Å². The van der Waals surface area contributed by atoms with Crippen LogP contribution >= 0.6 is 0 Å². The van der Waals surface area contributed by atoms with Crippen molar-refractivity contribution in [2.24, 2.45) is 0 Å². The van der Waals surface area contributed by atoms with Crippen LogP contribution in [0.3, 0.4) is 0 Å². The summed E-state index contributed by atoms with van der Waals surface area (Å²) in [6.45, 7) is -0.00307. The van der Waals surface area contributed by atoms with Crippen LogP contribution in [0.5, 0.6) is 0 Å². The van der Waals surface area contributed by atoms with Gasteiger partial charge in [-0.25, -0.2) is 4.39 Å². The van der Waals surface area contributed by atoms with Crippen LogP contribution in [-0.4, -0.2) is 24.5 Å². The summed E-state index contributed by atoms with van der Waals surface area (Å²) in [5.41, 5.74) is 1.15. The Labute approximate surface area is 105 Å². The van der Waals surface area contributed by atoms with Crippen molar-refractivity contribution in [3.8, 4) is 0 Å². The highest BCUT2D eigenvalue weighted by atomic mass is 19.1. The van der Waals surface area contributed by atoms with Crippen LogP contribution in [0, 0.1) is 5.82 Å². The number of rotatable bonds is 4. The number of ketones is 1. The largest absolute Gasteiger partial charge is 0.338 e. The molecule has 0 amide bonds. The van der Waals surface area contributed by atoms with E-state index in [1.165, 1.54) is 41.1 Å². The minimum absolute atomic E-state index is 0.00307. The van der Waals surface area contributed by atoms with Crippen molar-refractivity contribution in [1.29, 1.82) is 0 Å². The number of benzene rings is 1. The molecule has 0 aliphatic carbocycles. The van der Waals surface area contributed by atoms with E-state index in [1.54, 1.807) is 0 Å². The fourth-order valence-electron chi connectivity index (χ4n) is 1.67. The lowest BCUT2D eigenvalue weighted by Crippen LogP contribution is -2.12. The SMILES string of the molecule is [B]c1cc(C=O)n(CC(=O)c2ccc(F)cc2)c1. The molecule has 0 bridgehead atoms. The maximum atomic E-state index is 12.7. The third-order valence-electron chi connectivity index (χ3n) is 2.55. The lowest BCUT2D eigenvalue weighted by Gasteiger charge is -2.04. The number of hydrogen-bond donors (Lipinski definition) is 0. The van der Waals surface area contributed by atoms with E-state index in [-0.39, 0.29) is 12.3 Å². The van der Waals surface area contributed by atoms with Gasteiger partial charge in [-0.1, -0.05) is 5.46 Å². The van der Waals surface area contributed by atoms with Gasteiger partial charge in [0, 0.05) is 5.56 Å². The molecule has 0 aliphatic heterocycles. The lowest BCUT2D eigenvalue weighted by atomic mass is 10.0. The van der Waals surface area contributed by atoms with Gasteiger partial charge in [-0.15, -0.1) is 0 Å². The molecule has 88 valence electrons. The van der Waals surface area contributed by atoms with Crippen LogP contribution in [0.25, 0.3) is 0 Å². The molecule has 5 heteroatoms. The van der Waals surface area contributed by atoms with E-state index in [4.69, 9.17) is 7.85 Å². The van der Waals surface area contributed by atoms with E-state index in [0.29, 0.717) is 23.0 Å². The molecule has 0 saturated carbocycles. The monoisotopic (exact) mass is 241 g/mol. The zero-order valence-corrected chi connectivity index (χ0v) is 9.47. The highest BCUT2D eigenvalue weighted by molar-refractivity contribution is 6.32. The first-order valence-corrected chi connectivity index (χ1v) is 5.30. The highest BCUT2D eigenvalue weighted by Crippen LogP contribution is 2.06. The molecule has 18 heavy (non-hydrogen) atoms. The van der Waals surface area contributed by atoms with Gasteiger partial charge in [-0.3, -0.25) is 9.59 Å². The molecule has 1 aromatic carbocycles. The molecule has 0 spiro atoms. The van der Waals surface area contributed by atoms with Gasteiger partial charge in [0.25, 0.3) is 0 Å². The molecule has 0 N–H and O–H groups in total. The second-order valence-corrected chi connectivity index (χ2v) is 3.87. The minimum Gasteiger partial charge on any atom is -0.338 e. The fraction of sp³-hybridized carbons (Fsp3) is 0.0769. The van der Waals surface area contributed by atoms with E-state index < -0.39 is 5.82 Å². The summed E-state index contributed by atoms with van der Waals surface area (Å²) in [6.07, 6.45) is 2.15. The van der Waals surface area contributed by atoms with E-state index in [0.717, 1.165) is 0 Å². The number of halogens is 1. The van der Waals surface area contributed by atoms with Crippen molar-refractivity contribution in [2.45, 2.75) is 6.54 Å². The maximum absolute atomic E-state index is 12.7. The average molecular weight is 241 g/mol. The van der Waals surface area contributed by atoms with Crippen molar-refractivity contribution in [3.05, 3.63) is 53.6 Å². The predicted octanol–water partition coefficient (Wildman–Crippen LogP) is 1.12. The van der Waals surface area contributed by atoms with Crippen LogP contribution in [0.15, 0.2) is 36.5 Å². The number of aldehydes is 1. The molecular weight excluding hydrogens is 232 g/mol. The number of carbonyl (C=O) groups is 2. The molecule has 0 saturated heterocycles. The Kier molecular flexibility index (Phi) is 3.41.